The third-order valence-electron chi connectivity index (χ3n) is 1.72. The third-order valence-corrected chi connectivity index (χ3v) is 1.72. The van der Waals surface area contributed by atoms with Crippen LogP contribution in [0.4, 0.5) is 0 Å². The molecule has 1 aromatic carbocycles. The van der Waals surface area contributed by atoms with Gasteiger partial charge in [0.05, 0.1) is 12.2 Å². The molecule has 3 N–H and O–H groups in total. The number of carboxylic acid groups (broad SMARTS) is 3. The molecule has 0 saturated carbocycles. The van der Waals surface area contributed by atoms with Crippen LogP contribution in [0.15, 0.2) is 24.3 Å². The van der Waals surface area contributed by atoms with E-state index in [1.165, 1.54) is 6.92 Å². The molecule has 1 aromatic rings. The number of rotatable bonds is 2. The normalized spacial score (nSPS) is 7.88. The zero-order valence-electron chi connectivity index (χ0n) is 14.4. The molecule has 0 aliphatic rings. The molecular formula is C16H24O8. The number of aliphatic carboxylic acids is 2. The quantitative estimate of drug-likeness (QED) is 0.695. The minimum atomic E-state index is -0.863. The van der Waals surface area contributed by atoms with Gasteiger partial charge in [-0.2, -0.15) is 0 Å². The Balaban J connectivity index is -0.000000271. The van der Waals surface area contributed by atoms with E-state index >= 15 is 0 Å². The Morgan fingerprint density at radius 2 is 1.29 bits per heavy atom. The van der Waals surface area contributed by atoms with Gasteiger partial charge in [0, 0.05) is 20.8 Å². The number of ether oxygens (including phenoxy) is 1. The molecule has 0 bridgehead atoms. The van der Waals surface area contributed by atoms with Crippen LogP contribution in [-0.2, 0) is 19.1 Å². The van der Waals surface area contributed by atoms with E-state index in [-0.39, 0.29) is 5.97 Å². The van der Waals surface area contributed by atoms with Crippen LogP contribution in [0.2, 0.25) is 0 Å². The molecule has 0 radical (unpaired) electrons. The van der Waals surface area contributed by atoms with Crippen molar-refractivity contribution in [2.24, 2.45) is 0 Å². The van der Waals surface area contributed by atoms with Crippen LogP contribution in [0.3, 0.4) is 0 Å². The number of hydrogen-bond acceptors (Lipinski definition) is 5. The Labute approximate surface area is 140 Å². The lowest BCUT2D eigenvalue weighted by Crippen LogP contribution is -1.97. The summed E-state index contributed by atoms with van der Waals surface area (Å²) in [7, 11) is 0. The first kappa shape index (κ1) is 26.0. The minimum absolute atomic E-state index is 0.211. The fourth-order valence-corrected chi connectivity index (χ4v) is 1.02. The van der Waals surface area contributed by atoms with Crippen molar-refractivity contribution in [2.75, 3.05) is 6.61 Å². The SMILES string of the molecule is CC(=O)O.CC(=O)O.CCOC(C)=O.Cc1ccccc1C(=O)O. The van der Waals surface area contributed by atoms with Crippen molar-refractivity contribution < 1.29 is 39.2 Å². The van der Waals surface area contributed by atoms with Gasteiger partial charge >= 0.3 is 11.9 Å². The highest BCUT2D eigenvalue weighted by Gasteiger charge is 2.02. The third kappa shape index (κ3) is 27.4. The van der Waals surface area contributed by atoms with E-state index in [4.69, 9.17) is 24.9 Å². The van der Waals surface area contributed by atoms with E-state index in [2.05, 4.69) is 4.74 Å². The molecule has 0 unspecified atom stereocenters. The first-order valence-corrected chi connectivity index (χ1v) is 6.76. The highest BCUT2D eigenvalue weighted by atomic mass is 16.5. The lowest BCUT2D eigenvalue weighted by Gasteiger charge is -1.96. The predicted octanol–water partition coefficient (Wildman–Crippen LogP) is 2.44. The summed E-state index contributed by atoms with van der Waals surface area (Å²) < 4.78 is 4.40. The van der Waals surface area contributed by atoms with Gasteiger partial charge in [0.1, 0.15) is 0 Å². The van der Waals surface area contributed by atoms with Crippen LogP contribution >= 0.6 is 0 Å². The second-order valence-corrected chi connectivity index (χ2v) is 4.08. The van der Waals surface area contributed by atoms with Crippen LogP contribution < -0.4 is 0 Å². The molecule has 0 heterocycles. The molecule has 0 fully saturated rings. The van der Waals surface area contributed by atoms with Crippen LogP contribution in [0.1, 0.15) is 43.6 Å². The van der Waals surface area contributed by atoms with E-state index in [1.54, 1.807) is 32.0 Å². The number of benzene rings is 1. The minimum Gasteiger partial charge on any atom is -0.481 e. The summed E-state index contributed by atoms with van der Waals surface area (Å²) >= 11 is 0. The molecule has 136 valence electrons. The molecule has 0 atom stereocenters. The molecule has 0 spiro atoms. The van der Waals surface area contributed by atoms with E-state index in [9.17, 15) is 9.59 Å². The predicted molar refractivity (Wildman–Crippen MR) is 87.1 cm³/mol. The monoisotopic (exact) mass is 344 g/mol. The average molecular weight is 344 g/mol. The first-order valence-electron chi connectivity index (χ1n) is 6.76. The van der Waals surface area contributed by atoms with Crippen LogP contribution in [0.5, 0.6) is 0 Å². The molecule has 0 aliphatic carbocycles. The van der Waals surface area contributed by atoms with Gasteiger partial charge in [-0.3, -0.25) is 14.4 Å². The van der Waals surface area contributed by atoms with Crippen molar-refractivity contribution >= 4 is 23.9 Å². The lowest BCUT2D eigenvalue weighted by molar-refractivity contribution is -0.140. The Morgan fingerprint density at radius 3 is 1.46 bits per heavy atom. The van der Waals surface area contributed by atoms with Crippen molar-refractivity contribution in [3.8, 4) is 0 Å². The van der Waals surface area contributed by atoms with Gasteiger partial charge in [0.25, 0.3) is 11.9 Å². The fraction of sp³-hybridized carbons (Fsp3) is 0.375. The topological polar surface area (TPSA) is 138 Å². The average Bonchev–Trinajstić information content (AvgIpc) is 2.38. The summed E-state index contributed by atoms with van der Waals surface area (Å²) in [6, 6.07) is 6.92. The number of carbonyl (C=O) groups excluding carboxylic acids is 1. The van der Waals surface area contributed by atoms with Gasteiger partial charge in [-0.15, -0.1) is 0 Å². The van der Waals surface area contributed by atoms with Crippen molar-refractivity contribution in [3.63, 3.8) is 0 Å². The molecule has 0 aliphatic heterocycles. The van der Waals surface area contributed by atoms with Crippen molar-refractivity contribution in [3.05, 3.63) is 35.4 Å². The second-order valence-electron chi connectivity index (χ2n) is 4.08. The first-order chi connectivity index (χ1) is 10.9. The number of aromatic carboxylic acids is 1. The highest BCUT2D eigenvalue weighted by molar-refractivity contribution is 5.89. The van der Waals surface area contributed by atoms with E-state index in [1.807, 2.05) is 6.07 Å². The zero-order valence-corrected chi connectivity index (χ0v) is 14.4. The number of aryl methyl sites for hydroxylation is 1. The molecule has 0 amide bonds. The molecule has 0 aromatic heterocycles. The summed E-state index contributed by atoms with van der Waals surface area (Å²) in [5, 5.41) is 23.4. The summed E-state index contributed by atoms with van der Waals surface area (Å²) in [6.45, 7) is 7.60. The highest BCUT2D eigenvalue weighted by Crippen LogP contribution is 2.05. The Hall–Kier alpha value is -2.90. The maximum absolute atomic E-state index is 10.4. The fourth-order valence-electron chi connectivity index (χ4n) is 1.02. The number of esters is 1. The number of hydrogen-bond donors (Lipinski definition) is 3. The molecular weight excluding hydrogens is 320 g/mol. The van der Waals surface area contributed by atoms with Gasteiger partial charge in [0.2, 0.25) is 0 Å². The maximum Gasteiger partial charge on any atom is 0.335 e. The van der Waals surface area contributed by atoms with Gasteiger partial charge in [-0.05, 0) is 25.5 Å². The van der Waals surface area contributed by atoms with E-state index in [0.717, 1.165) is 19.4 Å². The lowest BCUT2D eigenvalue weighted by atomic mass is 10.1. The largest absolute Gasteiger partial charge is 0.481 e. The molecule has 24 heavy (non-hydrogen) atoms. The molecule has 1 rings (SSSR count). The molecule has 8 heteroatoms. The van der Waals surface area contributed by atoms with E-state index < -0.39 is 17.9 Å². The summed E-state index contributed by atoms with van der Waals surface area (Å²) in [4.78, 5) is 38.2. The molecule has 8 nitrogen and oxygen atoms in total. The maximum atomic E-state index is 10.4. The second kappa shape index (κ2) is 16.5. The van der Waals surface area contributed by atoms with Gasteiger partial charge in [-0.1, -0.05) is 18.2 Å². The van der Waals surface area contributed by atoms with Gasteiger partial charge in [0.15, 0.2) is 0 Å². The molecule has 0 saturated heterocycles. The number of carbonyl (C=O) groups is 4. The zero-order chi connectivity index (χ0) is 19.7. The van der Waals surface area contributed by atoms with Gasteiger partial charge < -0.3 is 20.1 Å². The number of carboxylic acids is 3. The summed E-state index contributed by atoms with van der Waals surface area (Å²) in [5.41, 5.74) is 1.18. The van der Waals surface area contributed by atoms with Crippen molar-refractivity contribution in [2.45, 2.75) is 34.6 Å². The van der Waals surface area contributed by atoms with Gasteiger partial charge in [-0.25, -0.2) is 4.79 Å². The van der Waals surface area contributed by atoms with Crippen molar-refractivity contribution in [1.82, 2.24) is 0 Å². The summed E-state index contributed by atoms with van der Waals surface area (Å²) in [6.07, 6.45) is 0. The van der Waals surface area contributed by atoms with Crippen LogP contribution in [0, 0.1) is 6.92 Å². The summed E-state index contributed by atoms with van der Waals surface area (Å²) in [5.74, 6) is -2.74. The van der Waals surface area contributed by atoms with Crippen molar-refractivity contribution in [1.29, 1.82) is 0 Å². The van der Waals surface area contributed by atoms with Crippen LogP contribution in [0.25, 0.3) is 0 Å². The van der Waals surface area contributed by atoms with Crippen LogP contribution in [-0.4, -0.2) is 45.8 Å². The van der Waals surface area contributed by atoms with E-state index in [0.29, 0.717) is 12.2 Å². The smallest absolute Gasteiger partial charge is 0.335 e. The standard InChI is InChI=1S/C8H8O2.C4H8O2.2C2H4O2/c1-6-4-2-3-5-7(6)8(9)10;1-3-6-4(2)5;2*1-2(3)4/h2-5H,1H3,(H,9,10);3H2,1-2H3;2*1H3,(H,3,4). The Bertz CT molecular complexity index is 503. The Morgan fingerprint density at radius 1 is 0.917 bits per heavy atom. The Kier molecular flexibility index (Phi) is 17.9.